The summed E-state index contributed by atoms with van der Waals surface area (Å²) in [6.45, 7) is -0.0565. The van der Waals surface area contributed by atoms with E-state index in [4.69, 9.17) is 20.3 Å². The molecule has 1 rings (SSSR count). The summed E-state index contributed by atoms with van der Waals surface area (Å²) in [5.74, 6) is 1.34. The summed E-state index contributed by atoms with van der Waals surface area (Å²) in [6.07, 6.45) is 0. The molecule has 1 atom stereocenters. The Morgan fingerprint density at radius 1 is 1.33 bits per heavy atom. The summed E-state index contributed by atoms with van der Waals surface area (Å²) in [5.41, 5.74) is 5.61. The molecule has 0 spiro atoms. The fourth-order valence-electron chi connectivity index (χ4n) is 1.10. The molecule has 3 N–H and O–H groups in total. The van der Waals surface area contributed by atoms with Gasteiger partial charge in [0.05, 0.1) is 26.2 Å². The topological polar surface area (TPSA) is 64.7 Å². The van der Waals surface area contributed by atoms with Crippen LogP contribution < -0.4 is 15.2 Å². The minimum atomic E-state index is -0.317. The molecule has 0 bridgehead atoms. The highest BCUT2D eigenvalue weighted by atomic mass is 32.2. The summed E-state index contributed by atoms with van der Waals surface area (Å²) in [5, 5.41) is 8.51. The molecule has 0 radical (unpaired) electrons. The molecule has 0 saturated carbocycles. The van der Waals surface area contributed by atoms with Gasteiger partial charge in [-0.1, -0.05) is 0 Å². The fraction of sp³-hybridized carbons (Fsp3) is 0.400. The van der Waals surface area contributed by atoms with Gasteiger partial charge in [-0.05, 0) is 18.2 Å². The van der Waals surface area contributed by atoms with E-state index >= 15 is 0 Å². The van der Waals surface area contributed by atoms with Crippen molar-refractivity contribution in [2.24, 2.45) is 5.73 Å². The number of hydrogen-bond acceptors (Lipinski definition) is 5. The minimum Gasteiger partial charge on any atom is -0.493 e. The Morgan fingerprint density at radius 2 is 2.00 bits per heavy atom. The van der Waals surface area contributed by atoms with Gasteiger partial charge >= 0.3 is 0 Å². The Kier molecular flexibility index (Phi) is 4.74. The molecule has 1 aromatic rings. The van der Waals surface area contributed by atoms with Crippen molar-refractivity contribution in [3.05, 3.63) is 18.2 Å². The average molecular weight is 229 g/mol. The summed E-state index contributed by atoms with van der Waals surface area (Å²) in [4.78, 5) is 0.939. The molecule has 0 saturated heterocycles. The lowest BCUT2D eigenvalue weighted by Crippen LogP contribution is -2.19. The molecule has 1 aromatic carbocycles. The van der Waals surface area contributed by atoms with Crippen molar-refractivity contribution in [2.45, 2.75) is 10.3 Å². The molecule has 5 heteroatoms. The van der Waals surface area contributed by atoms with E-state index in [-0.39, 0.29) is 12.0 Å². The molecular weight excluding hydrogens is 214 g/mol. The Morgan fingerprint density at radius 3 is 2.53 bits per heavy atom. The molecule has 0 amide bonds. The van der Waals surface area contributed by atoms with Gasteiger partial charge in [0.15, 0.2) is 11.5 Å². The second kappa shape index (κ2) is 5.85. The number of benzene rings is 1. The van der Waals surface area contributed by atoms with Gasteiger partial charge < -0.3 is 20.3 Å². The van der Waals surface area contributed by atoms with E-state index in [2.05, 4.69) is 0 Å². The van der Waals surface area contributed by atoms with Crippen LogP contribution in [-0.4, -0.2) is 31.3 Å². The van der Waals surface area contributed by atoms with Gasteiger partial charge in [0.1, 0.15) is 0 Å². The molecule has 1 unspecified atom stereocenters. The van der Waals surface area contributed by atoms with Crippen molar-refractivity contribution in [3.8, 4) is 11.5 Å². The van der Waals surface area contributed by atoms with E-state index < -0.39 is 0 Å². The van der Waals surface area contributed by atoms with E-state index in [0.29, 0.717) is 11.5 Å². The molecule has 0 aliphatic rings. The van der Waals surface area contributed by atoms with E-state index in [0.717, 1.165) is 4.90 Å². The molecule has 0 heterocycles. The highest BCUT2D eigenvalue weighted by Crippen LogP contribution is 2.32. The van der Waals surface area contributed by atoms with Crippen molar-refractivity contribution in [3.63, 3.8) is 0 Å². The first kappa shape index (κ1) is 12.2. The van der Waals surface area contributed by atoms with Crippen LogP contribution in [0.25, 0.3) is 0 Å². The molecular formula is C10H15NO3S. The van der Waals surface area contributed by atoms with Crippen LogP contribution in [-0.2, 0) is 0 Å². The number of ether oxygens (including phenoxy) is 2. The predicted octanol–water partition coefficient (Wildman–Crippen LogP) is 1.07. The zero-order valence-corrected chi connectivity index (χ0v) is 9.58. The van der Waals surface area contributed by atoms with Crippen LogP contribution in [0.15, 0.2) is 23.1 Å². The lowest BCUT2D eigenvalue weighted by molar-refractivity contribution is 0.296. The van der Waals surface area contributed by atoms with Crippen molar-refractivity contribution >= 4 is 11.8 Å². The van der Waals surface area contributed by atoms with Crippen molar-refractivity contribution in [2.75, 3.05) is 20.8 Å². The Labute approximate surface area is 93.4 Å². The first-order valence-electron chi connectivity index (χ1n) is 4.46. The SMILES string of the molecule is COc1ccc(SC(N)CO)cc1OC. The van der Waals surface area contributed by atoms with Crippen LogP contribution in [0.3, 0.4) is 0 Å². The number of methoxy groups -OCH3 is 2. The Bertz CT molecular complexity index is 320. The first-order chi connectivity index (χ1) is 7.21. The van der Waals surface area contributed by atoms with Gasteiger partial charge in [0.2, 0.25) is 0 Å². The van der Waals surface area contributed by atoms with Crippen LogP contribution in [0.1, 0.15) is 0 Å². The van der Waals surface area contributed by atoms with Gasteiger partial charge in [0.25, 0.3) is 0 Å². The molecule has 0 aliphatic heterocycles. The normalized spacial score (nSPS) is 12.3. The quantitative estimate of drug-likeness (QED) is 0.584. The van der Waals surface area contributed by atoms with Crippen LogP contribution in [0.4, 0.5) is 0 Å². The minimum absolute atomic E-state index is 0.0565. The summed E-state index contributed by atoms with van der Waals surface area (Å²) in [6, 6.07) is 5.52. The first-order valence-corrected chi connectivity index (χ1v) is 5.34. The second-order valence-corrected chi connectivity index (χ2v) is 4.17. The van der Waals surface area contributed by atoms with Crippen molar-refractivity contribution in [1.82, 2.24) is 0 Å². The van der Waals surface area contributed by atoms with Crippen molar-refractivity contribution in [1.29, 1.82) is 0 Å². The third-order valence-electron chi connectivity index (χ3n) is 1.82. The lowest BCUT2D eigenvalue weighted by Gasteiger charge is -2.11. The maximum atomic E-state index is 8.82. The standard InChI is InChI=1S/C10H15NO3S/c1-13-8-4-3-7(5-9(8)14-2)15-10(11)6-12/h3-5,10,12H,6,11H2,1-2H3. The number of aliphatic hydroxyl groups excluding tert-OH is 1. The molecule has 4 nitrogen and oxygen atoms in total. The molecule has 15 heavy (non-hydrogen) atoms. The maximum absolute atomic E-state index is 8.82. The van der Waals surface area contributed by atoms with Gasteiger partial charge in [-0.2, -0.15) is 0 Å². The monoisotopic (exact) mass is 229 g/mol. The molecule has 0 aromatic heterocycles. The predicted molar refractivity (Wildman–Crippen MR) is 60.5 cm³/mol. The van der Waals surface area contributed by atoms with E-state index in [9.17, 15) is 0 Å². The summed E-state index contributed by atoms with van der Waals surface area (Å²) < 4.78 is 10.3. The van der Waals surface area contributed by atoms with E-state index in [1.807, 2.05) is 18.2 Å². The summed E-state index contributed by atoms with van der Waals surface area (Å²) >= 11 is 1.38. The molecule has 84 valence electrons. The smallest absolute Gasteiger partial charge is 0.161 e. The van der Waals surface area contributed by atoms with Crippen LogP contribution in [0, 0.1) is 0 Å². The zero-order valence-electron chi connectivity index (χ0n) is 8.77. The molecule has 0 fully saturated rings. The number of aliphatic hydroxyl groups is 1. The van der Waals surface area contributed by atoms with Gasteiger partial charge in [-0.3, -0.25) is 0 Å². The number of thioether (sulfide) groups is 1. The van der Waals surface area contributed by atoms with Crippen LogP contribution >= 0.6 is 11.8 Å². The van der Waals surface area contributed by atoms with Gasteiger partial charge in [-0.25, -0.2) is 0 Å². The largest absolute Gasteiger partial charge is 0.493 e. The second-order valence-electron chi connectivity index (χ2n) is 2.86. The van der Waals surface area contributed by atoms with Crippen molar-refractivity contribution < 1.29 is 14.6 Å². The van der Waals surface area contributed by atoms with Crippen LogP contribution in [0.5, 0.6) is 11.5 Å². The molecule has 0 aliphatic carbocycles. The number of nitrogens with two attached hydrogens (primary N) is 1. The highest BCUT2D eigenvalue weighted by Gasteiger charge is 2.07. The van der Waals surface area contributed by atoms with E-state index in [1.165, 1.54) is 11.8 Å². The number of hydrogen-bond donors (Lipinski definition) is 2. The van der Waals surface area contributed by atoms with Gasteiger partial charge in [-0.15, -0.1) is 11.8 Å². The third-order valence-corrected chi connectivity index (χ3v) is 2.80. The third kappa shape index (κ3) is 3.30. The lowest BCUT2D eigenvalue weighted by atomic mass is 10.3. The van der Waals surface area contributed by atoms with Gasteiger partial charge in [0, 0.05) is 4.90 Å². The Balaban J connectivity index is 2.83. The zero-order chi connectivity index (χ0) is 11.3. The highest BCUT2D eigenvalue weighted by molar-refractivity contribution is 7.99. The summed E-state index contributed by atoms with van der Waals surface area (Å²) in [7, 11) is 3.17. The van der Waals surface area contributed by atoms with E-state index in [1.54, 1.807) is 14.2 Å². The Hall–Kier alpha value is -0.910. The fourth-order valence-corrected chi connectivity index (χ4v) is 1.85. The average Bonchev–Trinajstić information content (AvgIpc) is 2.28. The number of rotatable bonds is 5. The van der Waals surface area contributed by atoms with Crippen LogP contribution in [0.2, 0.25) is 0 Å². The maximum Gasteiger partial charge on any atom is 0.161 e.